The lowest BCUT2D eigenvalue weighted by molar-refractivity contribution is 0.0209. The quantitative estimate of drug-likeness (QED) is 0.819. The first-order valence-corrected chi connectivity index (χ1v) is 7.16. The molecule has 1 unspecified atom stereocenters. The van der Waals surface area contributed by atoms with Crippen molar-refractivity contribution in [1.82, 2.24) is 14.9 Å². The highest BCUT2D eigenvalue weighted by molar-refractivity contribution is 9.10. The van der Waals surface area contributed by atoms with Gasteiger partial charge >= 0.3 is 0 Å². The van der Waals surface area contributed by atoms with Crippen molar-refractivity contribution in [3.63, 3.8) is 0 Å². The molecule has 2 fully saturated rings. The minimum Gasteiger partial charge on any atom is -0.379 e. The molecule has 2 saturated heterocycles. The van der Waals surface area contributed by atoms with E-state index in [4.69, 9.17) is 4.74 Å². The molecular weight excluding hydrogens is 296 g/mol. The summed E-state index contributed by atoms with van der Waals surface area (Å²) in [6, 6.07) is 0.635. The largest absolute Gasteiger partial charge is 0.379 e. The maximum atomic E-state index is 5.41. The fraction of sp³-hybridized carbons (Fsp3) is 0.667. The third kappa shape index (κ3) is 2.50. The molecule has 0 bridgehead atoms. The van der Waals surface area contributed by atoms with E-state index in [9.17, 15) is 0 Å². The smallest absolute Gasteiger partial charge is 0.146 e. The zero-order valence-corrected chi connectivity index (χ0v) is 11.8. The van der Waals surface area contributed by atoms with Crippen LogP contribution in [0.4, 0.5) is 5.82 Å². The van der Waals surface area contributed by atoms with Gasteiger partial charge in [0.1, 0.15) is 12.1 Å². The monoisotopic (exact) mass is 312 g/mol. The molecule has 1 aromatic rings. The Morgan fingerprint density at radius 1 is 1.28 bits per heavy atom. The maximum absolute atomic E-state index is 5.41. The van der Waals surface area contributed by atoms with Crippen LogP contribution in [-0.4, -0.2) is 60.3 Å². The summed E-state index contributed by atoms with van der Waals surface area (Å²) in [5.74, 6) is 1.01. The van der Waals surface area contributed by atoms with E-state index in [2.05, 4.69) is 35.7 Å². The number of nitrogens with zero attached hydrogens (tertiary/aromatic N) is 4. The molecular formula is C12H17BrN4O. The highest BCUT2D eigenvalue weighted by atomic mass is 79.9. The maximum Gasteiger partial charge on any atom is 0.146 e. The lowest BCUT2D eigenvalue weighted by atomic mass is 10.2. The van der Waals surface area contributed by atoms with Crippen LogP contribution in [0.3, 0.4) is 0 Å². The van der Waals surface area contributed by atoms with Crippen LogP contribution in [-0.2, 0) is 4.74 Å². The number of hydrogen-bond acceptors (Lipinski definition) is 5. The van der Waals surface area contributed by atoms with Crippen molar-refractivity contribution in [3.8, 4) is 0 Å². The van der Waals surface area contributed by atoms with Gasteiger partial charge in [-0.1, -0.05) is 0 Å². The van der Waals surface area contributed by atoms with Gasteiger partial charge in [0.15, 0.2) is 0 Å². The lowest BCUT2D eigenvalue weighted by Gasteiger charge is -2.32. The van der Waals surface area contributed by atoms with Gasteiger partial charge in [-0.15, -0.1) is 0 Å². The first kappa shape index (κ1) is 12.3. The molecule has 2 aliphatic heterocycles. The Kier molecular flexibility index (Phi) is 3.77. The summed E-state index contributed by atoms with van der Waals surface area (Å²) in [5, 5.41) is 0. The fourth-order valence-electron chi connectivity index (χ4n) is 2.71. The van der Waals surface area contributed by atoms with Crippen LogP contribution >= 0.6 is 15.9 Å². The summed E-state index contributed by atoms with van der Waals surface area (Å²) >= 11 is 3.52. The van der Waals surface area contributed by atoms with Crippen LogP contribution in [0, 0.1) is 0 Å². The average Bonchev–Trinajstić information content (AvgIpc) is 2.90. The molecule has 0 spiro atoms. The summed E-state index contributed by atoms with van der Waals surface area (Å²) in [7, 11) is 0. The Morgan fingerprint density at radius 2 is 2.11 bits per heavy atom. The van der Waals surface area contributed by atoms with E-state index in [0.717, 1.165) is 49.7 Å². The predicted molar refractivity (Wildman–Crippen MR) is 72.7 cm³/mol. The van der Waals surface area contributed by atoms with E-state index >= 15 is 0 Å². The molecule has 3 heterocycles. The first-order valence-electron chi connectivity index (χ1n) is 6.37. The van der Waals surface area contributed by atoms with Gasteiger partial charge < -0.3 is 9.64 Å². The number of rotatable bonds is 2. The second-order valence-electron chi connectivity index (χ2n) is 4.73. The molecule has 18 heavy (non-hydrogen) atoms. The molecule has 0 amide bonds. The number of halogens is 1. The van der Waals surface area contributed by atoms with Crippen molar-refractivity contribution in [3.05, 3.63) is 17.0 Å². The van der Waals surface area contributed by atoms with Gasteiger partial charge in [-0.25, -0.2) is 9.97 Å². The Morgan fingerprint density at radius 3 is 2.89 bits per heavy atom. The lowest BCUT2D eigenvalue weighted by Crippen LogP contribution is -2.44. The second kappa shape index (κ2) is 5.50. The van der Waals surface area contributed by atoms with Crippen molar-refractivity contribution in [2.45, 2.75) is 12.5 Å². The van der Waals surface area contributed by atoms with E-state index in [1.807, 2.05) is 6.20 Å². The number of morpholine rings is 1. The highest BCUT2D eigenvalue weighted by Crippen LogP contribution is 2.27. The highest BCUT2D eigenvalue weighted by Gasteiger charge is 2.29. The van der Waals surface area contributed by atoms with Crippen LogP contribution in [0.1, 0.15) is 6.42 Å². The van der Waals surface area contributed by atoms with Gasteiger partial charge in [0.2, 0.25) is 0 Å². The van der Waals surface area contributed by atoms with Crippen molar-refractivity contribution >= 4 is 21.7 Å². The molecule has 0 N–H and O–H groups in total. The molecule has 1 atom stereocenters. The predicted octanol–water partition coefficient (Wildman–Crippen LogP) is 1.15. The molecule has 0 radical (unpaired) electrons. The number of hydrogen-bond donors (Lipinski definition) is 0. The minimum absolute atomic E-state index is 0.635. The number of ether oxygens (including phenoxy) is 1. The second-order valence-corrected chi connectivity index (χ2v) is 5.59. The van der Waals surface area contributed by atoms with Crippen molar-refractivity contribution < 1.29 is 4.74 Å². The van der Waals surface area contributed by atoms with Crippen LogP contribution in [0.2, 0.25) is 0 Å². The molecule has 98 valence electrons. The minimum atomic E-state index is 0.635. The van der Waals surface area contributed by atoms with Crippen LogP contribution < -0.4 is 4.90 Å². The van der Waals surface area contributed by atoms with E-state index < -0.39 is 0 Å². The fourth-order valence-corrected chi connectivity index (χ4v) is 3.19. The summed E-state index contributed by atoms with van der Waals surface area (Å²) < 4.78 is 6.39. The molecule has 0 aromatic carbocycles. The first-order chi connectivity index (χ1) is 8.84. The van der Waals surface area contributed by atoms with Gasteiger partial charge in [-0.2, -0.15) is 0 Å². The Balaban J connectivity index is 1.66. The van der Waals surface area contributed by atoms with E-state index in [1.165, 1.54) is 6.42 Å². The Hall–Kier alpha value is -0.720. The topological polar surface area (TPSA) is 41.5 Å². The molecule has 6 heteroatoms. The summed E-state index contributed by atoms with van der Waals surface area (Å²) in [5.41, 5.74) is 0. The van der Waals surface area contributed by atoms with E-state index in [-0.39, 0.29) is 0 Å². The van der Waals surface area contributed by atoms with Crippen molar-refractivity contribution in [2.75, 3.05) is 44.3 Å². The molecule has 5 nitrogen and oxygen atoms in total. The molecule has 3 rings (SSSR count). The van der Waals surface area contributed by atoms with E-state index in [0.29, 0.717) is 6.04 Å². The van der Waals surface area contributed by atoms with E-state index in [1.54, 1.807) is 6.33 Å². The van der Waals surface area contributed by atoms with Gasteiger partial charge in [0.25, 0.3) is 0 Å². The van der Waals surface area contributed by atoms with Crippen LogP contribution in [0.15, 0.2) is 17.0 Å². The third-order valence-electron chi connectivity index (χ3n) is 3.67. The average molecular weight is 313 g/mol. The van der Waals surface area contributed by atoms with Gasteiger partial charge in [0.05, 0.1) is 17.7 Å². The van der Waals surface area contributed by atoms with Gasteiger partial charge in [-0.3, -0.25) is 4.90 Å². The Bertz CT molecular complexity index is 411. The number of anilines is 1. The SMILES string of the molecule is Brc1cncnc1N1CCC(N2CCOCC2)C1. The molecule has 0 saturated carbocycles. The molecule has 2 aliphatic rings. The third-order valence-corrected chi connectivity index (χ3v) is 4.23. The Labute approximate surface area is 115 Å². The van der Waals surface area contributed by atoms with Crippen molar-refractivity contribution in [2.24, 2.45) is 0 Å². The van der Waals surface area contributed by atoms with Gasteiger partial charge in [-0.05, 0) is 22.4 Å². The normalized spacial score (nSPS) is 25.6. The molecule has 1 aromatic heterocycles. The summed E-state index contributed by atoms with van der Waals surface area (Å²) in [6.45, 7) is 5.97. The number of aromatic nitrogens is 2. The van der Waals surface area contributed by atoms with Crippen LogP contribution in [0.5, 0.6) is 0 Å². The van der Waals surface area contributed by atoms with Crippen LogP contribution in [0.25, 0.3) is 0 Å². The molecule has 0 aliphatic carbocycles. The summed E-state index contributed by atoms with van der Waals surface area (Å²) in [6.07, 6.45) is 4.63. The zero-order chi connectivity index (χ0) is 12.4. The standard InChI is InChI=1S/C12H17BrN4O/c13-11-7-14-9-15-12(11)17-2-1-10(8-17)16-3-5-18-6-4-16/h7,9-10H,1-6,8H2. The zero-order valence-electron chi connectivity index (χ0n) is 10.3. The van der Waals surface area contributed by atoms with Crippen molar-refractivity contribution in [1.29, 1.82) is 0 Å². The van der Waals surface area contributed by atoms with Gasteiger partial charge in [0, 0.05) is 38.4 Å². The summed E-state index contributed by atoms with van der Waals surface area (Å²) in [4.78, 5) is 13.3.